The lowest BCUT2D eigenvalue weighted by Gasteiger charge is -2.27. The maximum absolute atomic E-state index is 10.1. The minimum Gasteiger partial charge on any atom is -0.392 e. The molecule has 1 unspecified atom stereocenters. The number of aldehydes is 1. The van der Waals surface area contributed by atoms with E-state index in [9.17, 15) is 4.79 Å². The van der Waals surface area contributed by atoms with Gasteiger partial charge in [-0.05, 0) is 19.4 Å². The summed E-state index contributed by atoms with van der Waals surface area (Å²) in [6.45, 7) is 2.09. The molecule has 1 aliphatic rings. The lowest BCUT2D eigenvalue weighted by molar-refractivity contribution is -0.109. The zero-order valence-electron chi connectivity index (χ0n) is 5.99. The number of β-amino-alcohol motifs (C(OH)–C–C–N with tert-alkyl or cyclic N) is 1. The number of carbonyl (C=O) groups excluding carboxylic acids is 1. The molecule has 1 rings (SSSR count). The van der Waals surface area contributed by atoms with Crippen LogP contribution in [0.5, 0.6) is 0 Å². The Morgan fingerprint density at radius 1 is 1.70 bits per heavy atom. The highest BCUT2D eigenvalue weighted by Crippen LogP contribution is 2.07. The maximum atomic E-state index is 10.1. The van der Waals surface area contributed by atoms with E-state index in [1.165, 1.54) is 0 Å². The Bertz CT molecular complexity index is 116. The first-order chi connectivity index (χ1) is 4.83. The number of aliphatic hydroxyl groups excluding tert-OH is 1. The molecular formula is C7H13NO2. The third-order valence-electron chi connectivity index (χ3n) is 1.81. The topological polar surface area (TPSA) is 40.5 Å². The molecule has 58 valence electrons. The predicted octanol–water partition coefficient (Wildman–Crippen LogP) is -0.358. The minimum atomic E-state index is -0.214. The molecular weight excluding hydrogens is 130 g/mol. The van der Waals surface area contributed by atoms with E-state index in [1.54, 1.807) is 0 Å². The molecule has 0 aromatic heterocycles. The summed E-state index contributed by atoms with van der Waals surface area (Å²) in [7, 11) is 0. The van der Waals surface area contributed by atoms with Gasteiger partial charge in [0.05, 0.1) is 12.6 Å². The molecule has 1 heterocycles. The minimum absolute atomic E-state index is 0.214. The summed E-state index contributed by atoms with van der Waals surface area (Å²) in [5, 5.41) is 9.15. The molecule has 3 heteroatoms. The molecule has 0 bridgehead atoms. The van der Waals surface area contributed by atoms with Crippen LogP contribution in [0.4, 0.5) is 0 Å². The monoisotopic (exact) mass is 143 g/mol. The van der Waals surface area contributed by atoms with Crippen LogP contribution in [-0.4, -0.2) is 42.0 Å². The molecule has 0 aromatic rings. The molecule has 1 fully saturated rings. The van der Waals surface area contributed by atoms with Crippen LogP contribution in [0, 0.1) is 0 Å². The predicted molar refractivity (Wildman–Crippen MR) is 37.7 cm³/mol. The van der Waals surface area contributed by atoms with Crippen molar-refractivity contribution in [2.24, 2.45) is 0 Å². The van der Waals surface area contributed by atoms with E-state index in [-0.39, 0.29) is 6.10 Å². The maximum Gasteiger partial charge on any atom is 0.133 e. The van der Waals surface area contributed by atoms with Gasteiger partial charge in [0, 0.05) is 6.54 Å². The van der Waals surface area contributed by atoms with Gasteiger partial charge < -0.3 is 9.90 Å². The first-order valence-electron chi connectivity index (χ1n) is 3.67. The number of carbonyl (C=O) groups is 1. The van der Waals surface area contributed by atoms with Crippen molar-refractivity contribution in [1.82, 2.24) is 4.90 Å². The van der Waals surface area contributed by atoms with Crippen molar-refractivity contribution in [1.29, 1.82) is 0 Å². The largest absolute Gasteiger partial charge is 0.392 e. The van der Waals surface area contributed by atoms with Gasteiger partial charge in [-0.25, -0.2) is 0 Å². The van der Waals surface area contributed by atoms with Crippen molar-refractivity contribution in [3.8, 4) is 0 Å². The van der Waals surface area contributed by atoms with E-state index in [0.717, 1.165) is 25.7 Å². The quantitative estimate of drug-likeness (QED) is 0.537. The molecule has 0 spiro atoms. The Morgan fingerprint density at radius 2 is 2.50 bits per heavy atom. The fourth-order valence-corrected chi connectivity index (χ4v) is 1.30. The number of rotatable bonds is 2. The molecule has 10 heavy (non-hydrogen) atoms. The second kappa shape index (κ2) is 3.68. The van der Waals surface area contributed by atoms with Gasteiger partial charge in [-0.3, -0.25) is 4.90 Å². The normalized spacial score (nSPS) is 28.3. The highest BCUT2D eigenvalue weighted by atomic mass is 16.3. The van der Waals surface area contributed by atoms with Crippen molar-refractivity contribution >= 4 is 6.29 Å². The molecule has 3 nitrogen and oxygen atoms in total. The summed E-state index contributed by atoms with van der Waals surface area (Å²) in [6, 6.07) is 0. The smallest absolute Gasteiger partial charge is 0.133 e. The Morgan fingerprint density at radius 3 is 3.10 bits per heavy atom. The van der Waals surface area contributed by atoms with Crippen LogP contribution >= 0.6 is 0 Å². The molecule has 1 aliphatic heterocycles. The van der Waals surface area contributed by atoms with Crippen LogP contribution in [-0.2, 0) is 4.79 Å². The van der Waals surface area contributed by atoms with Gasteiger partial charge in [0.1, 0.15) is 6.29 Å². The van der Waals surface area contributed by atoms with Crippen LogP contribution in [0.1, 0.15) is 12.8 Å². The van der Waals surface area contributed by atoms with Gasteiger partial charge in [-0.1, -0.05) is 0 Å². The van der Waals surface area contributed by atoms with Gasteiger partial charge >= 0.3 is 0 Å². The van der Waals surface area contributed by atoms with Gasteiger partial charge in [-0.15, -0.1) is 0 Å². The average molecular weight is 143 g/mol. The van der Waals surface area contributed by atoms with Crippen molar-refractivity contribution in [3.05, 3.63) is 0 Å². The van der Waals surface area contributed by atoms with Gasteiger partial charge in [0.15, 0.2) is 0 Å². The fourth-order valence-electron chi connectivity index (χ4n) is 1.30. The van der Waals surface area contributed by atoms with E-state index in [2.05, 4.69) is 0 Å². The zero-order chi connectivity index (χ0) is 7.40. The Hall–Kier alpha value is -0.410. The fraction of sp³-hybridized carbons (Fsp3) is 0.857. The summed E-state index contributed by atoms with van der Waals surface area (Å²) in [4.78, 5) is 12.0. The van der Waals surface area contributed by atoms with Crippen molar-refractivity contribution in [3.63, 3.8) is 0 Å². The zero-order valence-corrected chi connectivity index (χ0v) is 5.99. The number of piperidine rings is 1. The molecule has 0 saturated carbocycles. The van der Waals surface area contributed by atoms with Gasteiger partial charge in [0.2, 0.25) is 0 Å². The van der Waals surface area contributed by atoms with Crippen LogP contribution < -0.4 is 0 Å². The SMILES string of the molecule is O=CCN1CCCC(O)C1. The highest BCUT2D eigenvalue weighted by Gasteiger charge is 2.16. The van der Waals surface area contributed by atoms with E-state index in [0.29, 0.717) is 13.1 Å². The summed E-state index contributed by atoms with van der Waals surface area (Å²) in [5.41, 5.74) is 0. The number of hydrogen-bond donors (Lipinski definition) is 1. The number of nitrogens with zero attached hydrogens (tertiary/aromatic N) is 1. The van der Waals surface area contributed by atoms with Crippen LogP contribution in [0.25, 0.3) is 0 Å². The third kappa shape index (κ3) is 2.08. The molecule has 0 radical (unpaired) electrons. The third-order valence-corrected chi connectivity index (χ3v) is 1.81. The van der Waals surface area contributed by atoms with Crippen molar-refractivity contribution in [2.45, 2.75) is 18.9 Å². The van der Waals surface area contributed by atoms with E-state index < -0.39 is 0 Å². The molecule has 0 aliphatic carbocycles. The molecule has 1 saturated heterocycles. The van der Waals surface area contributed by atoms with E-state index >= 15 is 0 Å². The summed E-state index contributed by atoms with van der Waals surface area (Å²) >= 11 is 0. The first-order valence-corrected chi connectivity index (χ1v) is 3.67. The standard InChI is InChI=1S/C7H13NO2/c9-5-4-8-3-1-2-7(10)6-8/h5,7,10H,1-4,6H2. The molecule has 1 atom stereocenters. The lowest BCUT2D eigenvalue weighted by atomic mass is 10.1. The van der Waals surface area contributed by atoms with Crippen molar-refractivity contribution in [2.75, 3.05) is 19.6 Å². The Labute approximate surface area is 60.6 Å². The Kier molecular flexibility index (Phi) is 2.83. The molecule has 0 amide bonds. The van der Waals surface area contributed by atoms with Gasteiger partial charge in [0.25, 0.3) is 0 Å². The van der Waals surface area contributed by atoms with E-state index in [1.807, 2.05) is 4.90 Å². The summed E-state index contributed by atoms with van der Waals surface area (Å²) in [5.74, 6) is 0. The molecule has 1 N–H and O–H groups in total. The number of likely N-dealkylation sites (tertiary alicyclic amines) is 1. The average Bonchev–Trinajstić information content (AvgIpc) is 1.88. The number of hydrogen-bond acceptors (Lipinski definition) is 3. The van der Waals surface area contributed by atoms with Crippen LogP contribution in [0.2, 0.25) is 0 Å². The summed E-state index contributed by atoms with van der Waals surface area (Å²) < 4.78 is 0. The van der Waals surface area contributed by atoms with E-state index in [4.69, 9.17) is 5.11 Å². The first kappa shape index (κ1) is 7.69. The van der Waals surface area contributed by atoms with Crippen LogP contribution in [0.3, 0.4) is 0 Å². The molecule has 0 aromatic carbocycles. The van der Waals surface area contributed by atoms with Gasteiger partial charge in [-0.2, -0.15) is 0 Å². The lowest BCUT2D eigenvalue weighted by Crippen LogP contribution is -2.39. The second-order valence-corrected chi connectivity index (χ2v) is 2.72. The number of aliphatic hydroxyl groups is 1. The Balaban J connectivity index is 2.24. The van der Waals surface area contributed by atoms with Crippen molar-refractivity contribution < 1.29 is 9.90 Å². The second-order valence-electron chi connectivity index (χ2n) is 2.72. The highest BCUT2D eigenvalue weighted by molar-refractivity contribution is 5.51. The van der Waals surface area contributed by atoms with Crippen LogP contribution in [0.15, 0.2) is 0 Å². The summed E-state index contributed by atoms with van der Waals surface area (Å²) in [6.07, 6.45) is 2.57.